The minimum absolute atomic E-state index is 0.00600. The number of hydrogen-bond acceptors (Lipinski definition) is 3. The van der Waals surface area contributed by atoms with Crippen LogP contribution in [-0.4, -0.2) is 56.4 Å². The first kappa shape index (κ1) is 21.2. The van der Waals surface area contributed by atoms with E-state index in [9.17, 15) is 19.5 Å². The summed E-state index contributed by atoms with van der Waals surface area (Å²) >= 11 is 0. The van der Waals surface area contributed by atoms with Crippen molar-refractivity contribution >= 4 is 28.7 Å². The third-order valence-corrected chi connectivity index (χ3v) is 6.66. The molecule has 3 heterocycles. The van der Waals surface area contributed by atoms with Gasteiger partial charge in [0.1, 0.15) is 6.04 Å². The van der Waals surface area contributed by atoms with Crippen molar-refractivity contribution in [2.45, 2.75) is 39.4 Å². The lowest BCUT2D eigenvalue weighted by molar-refractivity contribution is -0.157. The van der Waals surface area contributed by atoms with Gasteiger partial charge >= 0.3 is 5.97 Å². The van der Waals surface area contributed by atoms with Gasteiger partial charge in [0, 0.05) is 36.1 Å². The monoisotopic (exact) mass is 445 g/mol. The first-order valence-electron chi connectivity index (χ1n) is 11.3. The first-order valence-corrected chi connectivity index (χ1v) is 11.3. The van der Waals surface area contributed by atoms with Gasteiger partial charge in [0.15, 0.2) is 0 Å². The number of aromatic nitrogens is 1. The zero-order valence-electron chi connectivity index (χ0n) is 18.8. The van der Waals surface area contributed by atoms with Crippen molar-refractivity contribution in [2.75, 3.05) is 13.1 Å². The Morgan fingerprint density at radius 3 is 2.48 bits per heavy atom. The number of amides is 2. The highest BCUT2D eigenvalue weighted by molar-refractivity contribution is 5.97. The molecule has 1 fully saturated rings. The van der Waals surface area contributed by atoms with Crippen molar-refractivity contribution in [1.82, 2.24) is 14.4 Å². The zero-order valence-corrected chi connectivity index (χ0v) is 18.8. The van der Waals surface area contributed by atoms with Crippen LogP contribution in [0.4, 0.5) is 0 Å². The number of carboxylic acid groups (broad SMARTS) is 1. The van der Waals surface area contributed by atoms with Crippen LogP contribution in [0.5, 0.6) is 0 Å². The number of carbonyl (C=O) groups is 3. The van der Waals surface area contributed by atoms with Crippen molar-refractivity contribution in [2.24, 2.45) is 5.92 Å². The highest BCUT2D eigenvalue weighted by atomic mass is 16.4. The highest BCUT2D eigenvalue weighted by Crippen LogP contribution is 2.35. The Hall–Kier alpha value is -3.61. The van der Waals surface area contributed by atoms with E-state index in [1.165, 1.54) is 0 Å². The van der Waals surface area contributed by atoms with Gasteiger partial charge in [-0.2, -0.15) is 0 Å². The van der Waals surface area contributed by atoms with Crippen LogP contribution in [0.25, 0.3) is 10.9 Å². The minimum atomic E-state index is -0.948. The van der Waals surface area contributed by atoms with Crippen LogP contribution in [0.1, 0.15) is 41.0 Å². The molecule has 0 aliphatic carbocycles. The van der Waals surface area contributed by atoms with E-state index in [0.717, 1.165) is 27.7 Å². The van der Waals surface area contributed by atoms with Crippen LogP contribution in [0.3, 0.4) is 0 Å². The molecule has 0 radical (unpaired) electrons. The number of hydrogen-bond donors (Lipinski definition) is 1. The van der Waals surface area contributed by atoms with Crippen molar-refractivity contribution in [1.29, 1.82) is 0 Å². The molecular formula is C26H27N3O4. The Balaban J connectivity index is 1.54. The van der Waals surface area contributed by atoms with Crippen LogP contribution >= 0.6 is 0 Å². The van der Waals surface area contributed by atoms with Gasteiger partial charge in [-0.25, -0.2) is 4.79 Å². The van der Waals surface area contributed by atoms with E-state index in [1.807, 2.05) is 24.3 Å². The molecule has 7 nitrogen and oxygen atoms in total. The first-order chi connectivity index (χ1) is 15.8. The summed E-state index contributed by atoms with van der Waals surface area (Å²) in [5, 5.41) is 10.3. The molecule has 7 heteroatoms. The second kappa shape index (κ2) is 8.06. The lowest BCUT2D eigenvalue weighted by Gasteiger charge is -2.43. The molecule has 5 rings (SSSR count). The van der Waals surface area contributed by atoms with Crippen molar-refractivity contribution in [3.05, 3.63) is 70.9 Å². The Labute approximate surface area is 192 Å². The summed E-state index contributed by atoms with van der Waals surface area (Å²) in [6.07, 6.45) is 0.514. The average Bonchev–Trinajstić information content (AvgIpc) is 3.09. The van der Waals surface area contributed by atoms with Gasteiger partial charge < -0.3 is 19.5 Å². The fraction of sp³-hybridized carbons (Fsp3) is 0.346. The summed E-state index contributed by atoms with van der Waals surface area (Å²) in [5.41, 5.74) is 4.47. The third-order valence-electron chi connectivity index (χ3n) is 6.66. The molecule has 1 aromatic heterocycles. The highest BCUT2D eigenvalue weighted by Gasteiger charge is 2.43. The maximum absolute atomic E-state index is 13.2. The molecule has 2 aliphatic heterocycles. The molecule has 0 bridgehead atoms. The third kappa shape index (κ3) is 3.67. The van der Waals surface area contributed by atoms with E-state index in [0.29, 0.717) is 32.0 Å². The smallest absolute Gasteiger partial charge is 0.335 e. The number of piperazine rings is 1. The molecule has 0 spiro atoms. The molecule has 1 saturated heterocycles. The molecule has 1 N–H and O–H groups in total. The fourth-order valence-corrected chi connectivity index (χ4v) is 5.15. The number of para-hydroxylation sites is 1. The predicted octanol–water partition coefficient (Wildman–Crippen LogP) is 3.14. The SMILES string of the molecule is CC(C)CN1CC(=O)N2Cc3c(c4ccccc4n3Cc3ccc(C(=O)O)cc3)CC2C1=O. The quantitative estimate of drug-likeness (QED) is 0.654. The number of aromatic carboxylic acids is 1. The summed E-state index contributed by atoms with van der Waals surface area (Å²) in [5.74, 6) is -0.610. The average molecular weight is 446 g/mol. The van der Waals surface area contributed by atoms with Crippen molar-refractivity contribution < 1.29 is 19.5 Å². The van der Waals surface area contributed by atoms with Gasteiger partial charge in [-0.05, 0) is 35.2 Å². The number of carboxylic acids is 1. The number of nitrogens with zero attached hydrogens (tertiary/aromatic N) is 3. The predicted molar refractivity (Wildman–Crippen MR) is 124 cm³/mol. The zero-order chi connectivity index (χ0) is 23.3. The number of fused-ring (bicyclic) bond motifs is 4. The lowest BCUT2D eigenvalue weighted by Crippen LogP contribution is -2.62. The number of carbonyl (C=O) groups excluding carboxylic acids is 2. The molecule has 2 aromatic carbocycles. The van der Waals surface area contributed by atoms with Crippen LogP contribution < -0.4 is 0 Å². The second-order valence-electron chi connectivity index (χ2n) is 9.38. The van der Waals surface area contributed by atoms with Crippen molar-refractivity contribution in [3.8, 4) is 0 Å². The van der Waals surface area contributed by atoms with Gasteiger partial charge in [0.25, 0.3) is 0 Å². The Morgan fingerprint density at radius 1 is 1.06 bits per heavy atom. The van der Waals surface area contributed by atoms with E-state index in [-0.39, 0.29) is 23.9 Å². The van der Waals surface area contributed by atoms with Gasteiger partial charge in [-0.1, -0.05) is 44.2 Å². The minimum Gasteiger partial charge on any atom is -0.478 e. The molecule has 33 heavy (non-hydrogen) atoms. The lowest BCUT2D eigenvalue weighted by atomic mass is 9.93. The number of rotatable bonds is 5. The maximum atomic E-state index is 13.2. The summed E-state index contributed by atoms with van der Waals surface area (Å²) < 4.78 is 2.20. The van der Waals surface area contributed by atoms with E-state index in [1.54, 1.807) is 21.9 Å². The second-order valence-corrected chi connectivity index (χ2v) is 9.38. The van der Waals surface area contributed by atoms with Gasteiger partial charge in [-0.3, -0.25) is 9.59 Å². The fourth-order valence-electron chi connectivity index (χ4n) is 5.15. The molecular weight excluding hydrogens is 418 g/mol. The van der Waals surface area contributed by atoms with E-state index in [4.69, 9.17) is 0 Å². The van der Waals surface area contributed by atoms with Crippen LogP contribution in [0, 0.1) is 5.92 Å². The van der Waals surface area contributed by atoms with Crippen LogP contribution in [-0.2, 0) is 29.1 Å². The normalized spacial score (nSPS) is 18.1. The standard InChI is InChI=1S/C26H27N3O4/c1-16(2)12-27-15-24(30)29-14-23-20(11-22(29)25(27)31)19-5-3-4-6-21(19)28(23)13-17-7-9-18(10-8-17)26(32)33/h3-10,16,22H,11-15H2,1-2H3,(H,32,33). The topological polar surface area (TPSA) is 82.8 Å². The number of benzene rings is 2. The summed E-state index contributed by atoms with van der Waals surface area (Å²) in [6.45, 7) is 5.81. The Morgan fingerprint density at radius 2 is 1.79 bits per heavy atom. The molecule has 2 amide bonds. The van der Waals surface area contributed by atoms with Gasteiger partial charge in [-0.15, -0.1) is 0 Å². The molecule has 0 saturated carbocycles. The molecule has 1 atom stereocenters. The Bertz CT molecular complexity index is 1260. The molecule has 170 valence electrons. The van der Waals surface area contributed by atoms with Crippen LogP contribution in [0.15, 0.2) is 48.5 Å². The largest absolute Gasteiger partial charge is 0.478 e. The van der Waals surface area contributed by atoms with Crippen LogP contribution in [0.2, 0.25) is 0 Å². The molecule has 1 unspecified atom stereocenters. The van der Waals surface area contributed by atoms with E-state index in [2.05, 4.69) is 30.5 Å². The summed E-state index contributed by atoms with van der Waals surface area (Å²) in [6, 6.07) is 14.6. The van der Waals surface area contributed by atoms with Gasteiger partial charge in [0.2, 0.25) is 11.8 Å². The van der Waals surface area contributed by atoms with E-state index >= 15 is 0 Å². The van der Waals surface area contributed by atoms with E-state index < -0.39 is 12.0 Å². The maximum Gasteiger partial charge on any atom is 0.335 e. The van der Waals surface area contributed by atoms with Crippen molar-refractivity contribution in [3.63, 3.8) is 0 Å². The summed E-state index contributed by atoms with van der Waals surface area (Å²) in [7, 11) is 0. The molecule has 2 aliphatic rings. The summed E-state index contributed by atoms with van der Waals surface area (Å²) in [4.78, 5) is 40.9. The van der Waals surface area contributed by atoms with Gasteiger partial charge in [0.05, 0.1) is 18.7 Å². The Kier molecular flexibility index (Phi) is 5.19. The molecule has 3 aromatic rings.